The molecule has 0 radical (unpaired) electrons. The van der Waals surface area contributed by atoms with Gasteiger partial charge >= 0.3 is 0 Å². The molecule has 0 saturated carbocycles. The minimum Gasteiger partial charge on any atom is -0.486 e. The van der Waals surface area contributed by atoms with Crippen LogP contribution in [0.15, 0.2) is 47.6 Å². The van der Waals surface area contributed by atoms with Crippen molar-refractivity contribution in [3.05, 3.63) is 48.3 Å². The van der Waals surface area contributed by atoms with E-state index in [9.17, 15) is 13.2 Å². The smallest absolute Gasteiger partial charge is 0.222 e. The molecule has 1 atom stereocenters. The number of pyridine rings is 1. The standard InChI is InChI=1S/C19H22N2O5S/c1-13(2)19(22)21-12-18(14-4-3-7-20-11-14)27(23,24)15-5-6-16-17(10-15)26-9-8-25-16/h3-7,10-11,13,18H,8-9,12H2,1-2H3,(H,21,22)/t18-/m1/s1. The third-order valence-electron chi connectivity index (χ3n) is 4.26. The zero-order chi connectivity index (χ0) is 19.4. The molecule has 144 valence electrons. The number of carbonyl (C=O) groups excluding carboxylic acids is 1. The molecule has 2 heterocycles. The van der Waals surface area contributed by atoms with Crippen molar-refractivity contribution in [2.75, 3.05) is 19.8 Å². The van der Waals surface area contributed by atoms with E-state index in [0.717, 1.165) is 0 Å². The zero-order valence-electron chi connectivity index (χ0n) is 15.2. The largest absolute Gasteiger partial charge is 0.486 e. The number of carbonyl (C=O) groups is 1. The Kier molecular flexibility index (Phi) is 5.65. The number of nitrogens with one attached hydrogen (secondary N) is 1. The topological polar surface area (TPSA) is 94.6 Å². The van der Waals surface area contributed by atoms with Crippen LogP contribution in [0.25, 0.3) is 0 Å². The van der Waals surface area contributed by atoms with Gasteiger partial charge in [-0.15, -0.1) is 0 Å². The quantitative estimate of drug-likeness (QED) is 0.812. The van der Waals surface area contributed by atoms with E-state index in [-0.39, 0.29) is 23.3 Å². The number of rotatable bonds is 6. The summed E-state index contributed by atoms with van der Waals surface area (Å²) in [6.45, 7) is 4.26. The Morgan fingerprint density at radius 2 is 1.93 bits per heavy atom. The first-order chi connectivity index (χ1) is 12.9. The monoisotopic (exact) mass is 390 g/mol. The summed E-state index contributed by atoms with van der Waals surface area (Å²) in [4.78, 5) is 16.1. The Hall–Kier alpha value is -2.61. The van der Waals surface area contributed by atoms with Gasteiger partial charge < -0.3 is 14.8 Å². The number of sulfone groups is 1. The number of nitrogens with zero attached hydrogens (tertiary/aromatic N) is 1. The van der Waals surface area contributed by atoms with Gasteiger partial charge in [-0.25, -0.2) is 8.42 Å². The van der Waals surface area contributed by atoms with Crippen molar-refractivity contribution >= 4 is 15.7 Å². The van der Waals surface area contributed by atoms with E-state index < -0.39 is 15.1 Å². The molecule has 1 aliphatic heterocycles. The van der Waals surface area contributed by atoms with Crippen LogP contribution in [0.5, 0.6) is 11.5 Å². The molecule has 1 aromatic carbocycles. The molecule has 0 aliphatic carbocycles. The van der Waals surface area contributed by atoms with E-state index in [1.165, 1.54) is 18.3 Å². The molecule has 1 aliphatic rings. The molecule has 0 spiro atoms. The van der Waals surface area contributed by atoms with Gasteiger partial charge in [0.15, 0.2) is 21.3 Å². The first-order valence-corrected chi connectivity index (χ1v) is 10.3. The molecule has 8 heteroatoms. The van der Waals surface area contributed by atoms with Crippen molar-refractivity contribution in [3.8, 4) is 11.5 Å². The van der Waals surface area contributed by atoms with Gasteiger partial charge in [-0.2, -0.15) is 0 Å². The summed E-state index contributed by atoms with van der Waals surface area (Å²) in [5, 5.41) is 1.76. The van der Waals surface area contributed by atoms with Gasteiger partial charge in [-0.3, -0.25) is 9.78 Å². The summed E-state index contributed by atoms with van der Waals surface area (Å²) in [7, 11) is -3.80. The van der Waals surface area contributed by atoms with Gasteiger partial charge in [0.25, 0.3) is 0 Å². The SMILES string of the molecule is CC(C)C(=O)NC[C@H](c1cccnc1)S(=O)(=O)c1ccc2c(c1)OCCO2. The lowest BCUT2D eigenvalue weighted by Gasteiger charge is -2.22. The molecular formula is C19H22N2O5S. The first kappa shape index (κ1) is 19.2. The van der Waals surface area contributed by atoms with Crippen LogP contribution in [0, 0.1) is 5.92 Å². The predicted molar refractivity (Wildman–Crippen MR) is 99.4 cm³/mol. The van der Waals surface area contributed by atoms with Crippen LogP contribution < -0.4 is 14.8 Å². The fourth-order valence-electron chi connectivity index (χ4n) is 2.74. The Bertz CT molecular complexity index is 913. The molecule has 1 amide bonds. The van der Waals surface area contributed by atoms with Gasteiger partial charge in [-0.1, -0.05) is 19.9 Å². The summed E-state index contributed by atoms with van der Waals surface area (Å²) < 4.78 is 37.6. The number of benzene rings is 1. The van der Waals surface area contributed by atoms with E-state index in [1.54, 1.807) is 38.2 Å². The minimum absolute atomic E-state index is 0.0422. The Morgan fingerprint density at radius 3 is 2.59 bits per heavy atom. The van der Waals surface area contributed by atoms with E-state index in [1.807, 2.05) is 0 Å². The number of ether oxygens (including phenoxy) is 2. The third-order valence-corrected chi connectivity index (χ3v) is 6.36. The van der Waals surface area contributed by atoms with Crippen LogP contribution in [0.4, 0.5) is 0 Å². The maximum Gasteiger partial charge on any atom is 0.222 e. The van der Waals surface area contributed by atoms with E-state index in [4.69, 9.17) is 9.47 Å². The molecule has 0 bridgehead atoms. The van der Waals surface area contributed by atoms with E-state index >= 15 is 0 Å². The molecule has 1 aromatic heterocycles. The van der Waals surface area contributed by atoms with Crippen molar-refractivity contribution in [1.29, 1.82) is 0 Å². The van der Waals surface area contributed by atoms with Crippen LogP contribution in [-0.4, -0.2) is 39.1 Å². The van der Waals surface area contributed by atoms with Crippen molar-refractivity contribution in [2.45, 2.75) is 24.0 Å². The Balaban J connectivity index is 1.96. The highest BCUT2D eigenvalue weighted by Crippen LogP contribution is 2.36. The number of hydrogen-bond acceptors (Lipinski definition) is 6. The predicted octanol–water partition coefficient (Wildman–Crippen LogP) is 2.14. The van der Waals surface area contributed by atoms with Crippen LogP contribution >= 0.6 is 0 Å². The van der Waals surface area contributed by atoms with Crippen molar-refractivity contribution < 1.29 is 22.7 Å². The fourth-order valence-corrected chi connectivity index (χ4v) is 4.39. The summed E-state index contributed by atoms with van der Waals surface area (Å²) in [5.41, 5.74) is 0.511. The molecule has 7 nitrogen and oxygen atoms in total. The molecule has 27 heavy (non-hydrogen) atoms. The van der Waals surface area contributed by atoms with Gasteiger partial charge in [0.2, 0.25) is 5.91 Å². The minimum atomic E-state index is -3.80. The zero-order valence-corrected chi connectivity index (χ0v) is 16.0. The molecular weight excluding hydrogens is 368 g/mol. The Morgan fingerprint density at radius 1 is 1.19 bits per heavy atom. The second-order valence-electron chi connectivity index (χ2n) is 6.53. The second-order valence-corrected chi connectivity index (χ2v) is 8.66. The van der Waals surface area contributed by atoms with Gasteiger partial charge in [0, 0.05) is 30.9 Å². The fraction of sp³-hybridized carbons (Fsp3) is 0.368. The van der Waals surface area contributed by atoms with Crippen molar-refractivity contribution in [1.82, 2.24) is 10.3 Å². The van der Waals surface area contributed by atoms with Gasteiger partial charge in [-0.05, 0) is 23.8 Å². The van der Waals surface area contributed by atoms with Crippen molar-refractivity contribution in [2.24, 2.45) is 5.92 Å². The molecule has 0 saturated heterocycles. The van der Waals surface area contributed by atoms with E-state index in [0.29, 0.717) is 30.3 Å². The normalized spacial score (nSPS) is 14.6. The molecule has 3 rings (SSSR count). The Labute approximate surface area is 158 Å². The van der Waals surface area contributed by atoms with Crippen LogP contribution in [0.3, 0.4) is 0 Å². The lowest BCUT2D eigenvalue weighted by Crippen LogP contribution is -2.34. The molecule has 0 fully saturated rings. The summed E-state index contributed by atoms with van der Waals surface area (Å²) in [6.07, 6.45) is 3.08. The lowest BCUT2D eigenvalue weighted by atomic mass is 10.2. The van der Waals surface area contributed by atoms with Gasteiger partial charge in [0.05, 0.1) is 4.90 Å². The lowest BCUT2D eigenvalue weighted by molar-refractivity contribution is -0.123. The van der Waals surface area contributed by atoms with Crippen molar-refractivity contribution in [3.63, 3.8) is 0 Å². The number of amides is 1. The third kappa shape index (κ3) is 4.21. The highest BCUT2D eigenvalue weighted by Gasteiger charge is 2.31. The number of aromatic nitrogens is 1. The molecule has 0 unspecified atom stereocenters. The first-order valence-electron chi connectivity index (χ1n) is 8.71. The highest BCUT2D eigenvalue weighted by molar-refractivity contribution is 7.91. The maximum atomic E-state index is 13.3. The number of fused-ring (bicyclic) bond motifs is 1. The van der Waals surface area contributed by atoms with Crippen LogP contribution in [-0.2, 0) is 14.6 Å². The second kappa shape index (κ2) is 7.96. The summed E-state index contributed by atoms with van der Waals surface area (Å²) in [6, 6.07) is 7.92. The summed E-state index contributed by atoms with van der Waals surface area (Å²) >= 11 is 0. The average molecular weight is 390 g/mol. The van der Waals surface area contributed by atoms with Crippen LogP contribution in [0.1, 0.15) is 24.7 Å². The average Bonchev–Trinajstić information content (AvgIpc) is 2.68. The highest BCUT2D eigenvalue weighted by atomic mass is 32.2. The summed E-state index contributed by atoms with van der Waals surface area (Å²) in [5.74, 6) is 0.475. The van der Waals surface area contributed by atoms with E-state index in [2.05, 4.69) is 10.3 Å². The maximum absolute atomic E-state index is 13.3. The van der Waals surface area contributed by atoms with Gasteiger partial charge in [0.1, 0.15) is 18.5 Å². The molecule has 2 aromatic rings. The molecule has 1 N–H and O–H groups in total. The number of hydrogen-bond donors (Lipinski definition) is 1. The van der Waals surface area contributed by atoms with Crippen LogP contribution in [0.2, 0.25) is 0 Å².